The van der Waals surface area contributed by atoms with Gasteiger partial charge in [-0.05, 0) is 60.1 Å². The molecule has 9 heteroatoms. The lowest BCUT2D eigenvalue weighted by atomic mass is 9.88. The Kier molecular flexibility index (Phi) is 10.0. The highest BCUT2D eigenvalue weighted by molar-refractivity contribution is 8.01. The van der Waals surface area contributed by atoms with Crippen LogP contribution in [-0.4, -0.2) is 56.0 Å². The first kappa shape index (κ1) is 31.8. The number of aromatic nitrogens is 4. The van der Waals surface area contributed by atoms with Crippen molar-refractivity contribution in [3.8, 4) is 28.5 Å². The molecular formula is C37H38ClN5O2S. The van der Waals surface area contributed by atoms with Crippen LogP contribution in [-0.2, 0) is 16.1 Å². The maximum atomic E-state index is 15.3. The molecule has 46 heavy (non-hydrogen) atoms. The largest absolute Gasteiger partial charge is 0.495 e. The highest BCUT2D eigenvalue weighted by Crippen LogP contribution is 2.45. The van der Waals surface area contributed by atoms with Gasteiger partial charge in [0.15, 0.2) is 11.6 Å². The van der Waals surface area contributed by atoms with Crippen molar-refractivity contribution in [1.29, 1.82) is 0 Å². The first-order chi connectivity index (χ1) is 22.5. The molecular weight excluding hydrogens is 614 g/mol. The summed E-state index contributed by atoms with van der Waals surface area (Å²) in [6.07, 6.45) is 7.68. The van der Waals surface area contributed by atoms with Crippen LogP contribution in [0.5, 0.6) is 5.75 Å². The molecule has 1 saturated carbocycles. The summed E-state index contributed by atoms with van der Waals surface area (Å²) in [5, 5.41) is 5.46. The Morgan fingerprint density at radius 3 is 2.20 bits per heavy atom. The number of pyridine rings is 1. The quantitative estimate of drug-likeness (QED) is 0.136. The van der Waals surface area contributed by atoms with Crippen LogP contribution in [0.15, 0.2) is 103 Å². The van der Waals surface area contributed by atoms with Crippen LogP contribution < -0.4 is 4.74 Å². The fourth-order valence-electron chi connectivity index (χ4n) is 6.42. The second kappa shape index (κ2) is 14.5. The minimum atomic E-state index is -0.878. The van der Waals surface area contributed by atoms with E-state index in [1.807, 2.05) is 71.4 Å². The van der Waals surface area contributed by atoms with E-state index in [1.165, 1.54) is 0 Å². The molecule has 0 bridgehead atoms. The molecule has 2 heterocycles. The molecule has 2 aromatic heterocycles. The molecule has 1 fully saturated rings. The summed E-state index contributed by atoms with van der Waals surface area (Å²) < 4.78 is 6.43. The summed E-state index contributed by atoms with van der Waals surface area (Å²) in [7, 11) is 1.60. The van der Waals surface area contributed by atoms with Gasteiger partial charge in [0, 0.05) is 36.1 Å². The van der Waals surface area contributed by atoms with E-state index < -0.39 is 4.75 Å². The average Bonchev–Trinajstić information content (AvgIpc) is 3.80. The zero-order chi connectivity index (χ0) is 31.9. The Bertz CT molecular complexity index is 1700. The van der Waals surface area contributed by atoms with E-state index in [9.17, 15) is 0 Å². The first-order valence-corrected chi connectivity index (χ1v) is 17.2. The van der Waals surface area contributed by atoms with E-state index in [-0.39, 0.29) is 11.9 Å². The maximum absolute atomic E-state index is 15.3. The number of carbonyl (C=O) groups is 1. The van der Waals surface area contributed by atoms with Crippen molar-refractivity contribution in [3.63, 3.8) is 0 Å². The number of hydrogen-bond donors (Lipinski definition) is 0. The fourth-order valence-corrected chi connectivity index (χ4v) is 7.95. The normalized spacial score (nSPS) is 13.5. The molecule has 1 aliphatic carbocycles. The molecule has 0 unspecified atom stereocenters. The van der Waals surface area contributed by atoms with Crippen molar-refractivity contribution < 1.29 is 9.53 Å². The average molecular weight is 652 g/mol. The third-order valence-electron chi connectivity index (χ3n) is 8.62. The molecule has 7 nitrogen and oxygen atoms in total. The van der Waals surface area contributed by atoms with E-state index in [1.54, 1.807) is 31.3 Å². The van der Waals surface area contributed by atoms with Gasteiger partial charge in [-0.3, -0.25) is 9.78 Å². The molecule has 1 aliphatic rings. The van der Waals surface area contributed by atoms with Crippen molar-refractivity contribution in [2.75, 3.05) is 19.4 Å². The van der Waals surface area contributed by atoms with Crippen molar-refractivity contribution in [1.82, 2.24) is 24.6 Å². The minimum Gasteiger partial charge on any atom is -0.495 e. The monoisotopic (exact) mass is 651 g/mol. The summed E-state index contributed by atoms with van der Waals surface area (Å²) in [4.78, 5) is 26.5. The topological polar surface area (TPSA) is 73.1 Å². The van der Waals surface area contributed by atoms with Crippen LogP contribution in [0, 0.1) is 0 Å². The summed E-state index contributed by atoms with van der Waals surface area (Å²) in [6.45, 7) is 3.09. The summed E-state index contributed by atoms with van der Waals surface area (Å²) in [6, 6.07) is 30.0. The molecule has 0 aliphatic heterocycles. The van der Waals surface area contributed by atoms with Gasteiger partial charge >= 0.3 is 0 Å². The number of thioether (sulfide) groups is 1. The van der Waals surface area contributed by atoms with Gasteiger partial charge in [-0.1, -0.05) is 92.0 Å². The molecule has 236 valence electrons. The van der Waals surface area contributed by atoms with Gasteiger partial charge in [0.2, 0.25) is 5.91 Å². The fraction of sp³-hybridized carbons (Fsp3) is 0.297. The van der Waals surface area contributed by atoms with Gasteiger partial charge in [0.05, 0.1) is 18.7 Å². The predicted molar refractivity (Wildman–Crippen MR) is 186 cm³/mol. The molecule has 0 atom stereocenters. The second-order valence-corrected chi connectivity index (χ2v) is 13.2. The van der Waals surface area contributed by atoms with E-state index in [4.69, 9.17) is 26.4 Å². The molecule has 0 saturated heterocycles. The Morgan fingerprint density at radius 2 is 1.61 bits per heavy atom. The molecule has 0 spiro atoms. The van der Waals surface area contributed by atoms with Crippen molar-refractivity contribution in [2.24, 2.45) is 0 Å². The van der Waals surface area contributed by atoms with Gasteiger partial charge in [0.1, 0.15) is 10.5 Å². The van der Waals surface area contributed by atoms with Crippen LogP contribution in [0.2, 0.25) is 5.02 Å². The molecule has 3 aromatic carbocycles. The summed E-state index contributed by atoms with van der Waals surface area (Å²) in [5.41, 5.74) is 3.68. The van der Waals surface area contributed by atoms with Crippen LogP contribution in [0.1, 0.15) is 43.7 Å². The van der Waals surface area contributed by atoms with Gasteiger partial charge < -0.3 is 9.64 Å². The number of hydrogen-bond acceptors (Lipinski definition) is 6. The van der Waals surface area contributed by atoms with Gasteiger partial charge in [-0.15, -0.1) is 11.8 Å². The van der Waals surface area contributed by atoms with Gasteiger partial charge in [-0.25, -0.2) is 9.67 Å². The standard InChI is InChI=1S/C37H38ClN5O2S/c1-3-46-37(29-12-6-4-7-13-29,30-14-8-5-9-15-30)36(44)42(31-16-10-11-17-31)24-25-43-35(28-18-19-33(45-2)32(38)26-28)40-34(41-43)27-20-22-39-23-21-27/h4-9,12-15,18-23,26,31H,3,10-11,16-17,24-25H2,1-2H3. The Labute approximate surface area is 280 Å². The number of carbonyl (C=O) groups excluding carboxylic acids is 1. The smallest absolute Gasteiger partial charge is 0.248 e. The van der Waals surface area contributed by atoms with Crippen molar-refractivity contribution in [2.45, 2.75) is 49.9 Å². The highest BCUT2D eigenvalue weighted by atomic mass is 35.5. The maximum Gasteiger partial charge on any atom is 0.248 e. The van der Waals surface area contributed by atoms with Crippen LogP contribution in [0.4, 0.5) is 0 Å². The van der Waals surface area contributed by atoms with Gasteiger partial charge in [-0.2, -0.15) is 5.10 Å². The zero-order valence-electron chi connectivity index (χ0n) is 26.2. The molecule has 0 N–H and O–H groups in total. The lowest BCUT2D eigenvalue weighted by Crippen LogP contribution is -2.50. The van der Waals surface area contributed by atoms with Crippen molar-refractivity contribution >= 4 is 29.3 Å². The SMILES string of the molecule is CCSC(C(=O)N(CCn1nc(-c2ccncc2)nc1-c1ccc(OC)c(Cl)c1)C1CCCC1)(c1ccccc1)c1ccccc1. The second-order valence-electron chi connectivity index (χ2n) is 11.4. The number of methoxy groups -OCH3 is 1. The van der Waals surface area contributed by atoms with Crippen LogP contribution in [0.25, 0.3) is 22.8 Å². The molecule has 1 amide bonds. The minimum absolute atomic E-state index is 0.118. The van der Waals surface area contributed by atoms with E-state index in [2.05, 4.69) is 41.1 Å². The number of ether oxygens (including phenoxy) is 1. The van der Waals surface area contributed by atoms with Gasteiger partial charge in [0.25, 0.3) is 0 Å². The van der Waals surface area contributed by atoms with E-state index in [0.29, 0.717) is 35.5 Å². The van der Waals surface area contributed by atoms with Crippen LogP contribution >= 0.6 is 23.4 Å². The third kappa shape index (κ3) is 6.42. The van der Waals surface area contributed by atoms with E-state index in [0.717, 1.165) is 53.7 Å². The summed E-state index contributed by atoms with van der Waals surface area (Å²) in [5.74, 6) is 2.76. The van der Waals surface area contributed by atoms with E-state index >= 15 is 4.79 Å². The van der Waals surface area contributed by atoms with Crippen molar-refractivity contribution in [3.05, 3.63) is 120 Å². The van der Waals surface area contributed by atoms with Crippen LogP contribution in [0.3, 0.4) is 0 Å². The molecule has 0 radical (unpaired) electrons. The highest BCUT2D eigenvalue weighted by Gasteiger charge is 2.46. The number of benzene rings is 3. The third-order valence-corrected chi connectivity index (χ3v) is 10.3. The lowest BCUT2D eigenvalue weighted by molar-refractivity contribution is -0.135. The summed E-state index contributed by atoms with van der Waals surface area (Å²) >= 11 is 8.26. The number of rotatable bonds is 12. The Morgan fingerprint density at radius 1 is 0.957 bits per heavy atom. The number of halogens is 1. The first-order valence-electron chi connectivity index (χ1n) is 15.8. The Balaban J connectivity index is 1.42. The Hall–Kier alpha value is -4.14. The number of amides is 1. The molecule has 6 rings (SSSR count). The number of nitrogens with zero attached hydrogens (tertiary/aromatic N) is 5. The predicted octanol–water partition coefficient (Wildman–Crippen LogP) is 8.14. The molecule has 5 aromatic rings. The lowest BCUT2D eigenvalue weighted by Gasteiger charge is -2.40. The zero-order valence-corrected chi connectivity index (χ0v) is 27.8.